The fourth-order valence-corrected chi connectivity index (χ4v) is 2.42. The van der Waals surface area contributed by atoms with Crippen LogP contribution in [0, 0.1) is 0 Å². The van der Waals surface area contributed by atoms with Crippen LogP contribution in [-0.2, 0) is 4.79 Å². The minimum atomic E-state index is -0.826. The van der Waals surface area contributed by atoms with Gasteiger partial charge in [0.2, 0.25) is 0 Å². The Hall–Kier alpha value is -2.18. The summed E-state index contributed by atoms with van der Waals surface area (Å²) in [6.45, 7) is 0.657. The van der Waals surface area contributed by atoms with Gasteiger partial charge in [0.05, 0.1) is 18.1 Å². The summed E-state index contributed by atoms with van der Waals surface area (Å²) < 4.78 is 0. The molecule has 1 aromatic rings. The van der Waals surface area contributed by atoms with Gasteiger partial charge in [0.15, 0.2) is 0 Å². The molecule has 0 bridgehead atoms. The van der Waals surface area contributed by atoms with Gasteiger partial charge in [-0.3, -0.25) is 4.79 Å². The number of amides is 2. The number of nitrogens with zero attached hydrogens (tertiary/aromatic N) is 3. The van der Waals surface area contributed by atoms with Crippen molar-refractivity contribution in [3.63, 3.8) is 0 Å². The summed E-state index contributed by atoms with van der Waals surface area (Å²) in [6.07, 6.45) is 7.86. The first-order valence-electron chi connectivity index (χ1n) is 6.71. The van der Waals surface area contributed by atoms with E-state index in [2.05, 4.69) is 15.3 Å². The van der Waals surface area contributed by atoms with Crippen LogP contribution >= 0.6 is 0 Å². The summed E-state index contributed by atoms with van der Waals surface area (Å²) in [7, 11) is 0. The summed E-state index contributed by atoms with van der Waals surface area (Å²) in [5.41, 5.74) is 0.542. The maximum Gasteiger partial charge on any atom is 0.322 e. The standard InChI is InChI=1S/C13H18N4O3/c18-12(19)5-4-11-3-1-2-6-17(11)13(20)16-10-7-14-9-15-8-10/h7-9,11H,1-6H2,(H,16,20)(H,18,19). The number of carboxylic acids is 1. The van der Waals surface area contributed by atoms with Crippen molar-refractivity contribution < 1.29 is 14.7 Å². The Kier molecular flexibility index (Phi) is 4.86. The molecule has 108 valence electrons. The van der Waals surface area contributed by atoms with E-state index in [9.17, 15) is 9.59 Å². The number of hydrogen-bond donors (Lipinski definition) is 2. The second-order valence-electron chi connectivity index (χ2n) is 4.83. The van der Waals surface area contributed by atoms with Crippen LogP contribution in [0.1, 0.15) is 32.1 Å². The molecule has 2 amide bonds. The number of anilines is 1. The van der Waals surface area contributed by atoms with Gasteiger partial charge in [-0.1, -0.05) is 0 Å². The van der Waals surface area contributed by atoms with Gasteiger partial charge < -0.3 is 15.3 Å². The number of likely N-dealkylation sites (tertiary alicyclic amines) is 1. The van der Waals surface area contributed by atoms with Crippen LogP contribution in [-0.4, -0.2) is 44.6 Å². The second-order valence-corrected chi connectivity index (χ2v) is 4.83. The molecule has 1 atom stereocenters. The quantitative estimate of drug-likeness (QED) is 0.874. The maximum atomic E-state index is 12.2. The first-order chi connectivity index (χ1) is 9.66. The summed E-state index contributed by atoms with van der Waals surface area (Å²) in [6, 6.07) is -0.223. The van der Waals surface area contributed by atoms with E-state index >= 15 is 0 Å². The van der Waals surface area contributed by atoms with Gasteiger partial charge in [0.25, 0.3) is 0 Å². The first-order valence-corrected chi connectivity index (χ1v) is 6.71. The number of hydrogen-bond acceptors (Lipinski definition) is 4. The summed E-state index contributed by atoms with van der Waals surface area (Å²) >= 11 is 0. The number of rotatable bonds is 4. The smallest absolute Gasteiger partial charge is 0.322 e. The van der Waals surface area contributed by atoms with Crippen molar-refractivity contribution in [2.24, 2.45) is 0 Å². The predicted molar refractivity (Wildman–Crippen MR) is 72.3 cm³/mol. The number of nitrogens with one attached hydrogen (secondary N) is 1. The largest absolute Gasteiger partial charge is 0.481 e. The third kappa shape index (κ3) is 3.91. The van der Waals surface area contributed by atoms with Gasteiger partial charge in [-0.25, -0.2) is 14.8 Å². The number of carboxylic acid groups (broad SMARTS) is 1. The van der Waals surface area contributed by atoms with Crippen molar-refractivity contribution in [2.45, 2.75) is 38.1 Å². The van der Waals surface area contributed by atoms with E-state index in [1.54, 1.807) is 4.90 Å². The average Bonchev–Trinajstić information content (AvgIpc) is 2.46. The van der Waals surface area contributed by atoms with E-state index in [1.807, 2.05) is 0 Å². The monoisotopic (exact) mass is 278 g/mol. The molecule has 0 aliphatic carbocycles. The van der Waals surface area contributed by atoms with Crippen LogP contribution in [0.4, 0.5) is 10.5 Å². The lowest BCUT2D eigenvalue weighted by molar-refractivity contribution is -0.137. The summed E-state index contributed by atoms with van der Waals surface area (Å²) in [5.74, 6) is -0.826. The van der Waals surface area contributed by atoms with Crippen molar-refractivity contribution in [3.05, 3.63) is 18.7 Å². The van der Waals surface area contributed by atoms with Gasteiger partial charge in [-0.15, -0.1) is 0 Å². The SMILES string of the molecule is O=C(O)CCC1CCCCN1C(=O)Nc1cncnc1. The number of carbonyl (C=O) groups excluding carboxylic acids is 1. The third-order valence-electron chi connectivity index (χ3n) is 3.39. The van der Waals surface area contributed by atoms with Crippen molar-refractivity contribution in [1.82, 2.24) is 14.9 Å². The number of urea groups is 1. The Morgan fingerprint density at radius 2 is 2.10 bits per heavy atom. The van der Waals surface area contributed by atoms with Crippen LogP contribution in [0.2, 0.25) is 0 Å². The second kappa shape index (κ2) is 6.83. The molecule has 2 rings (SSSR count). The Morgan fingerprint density at radius 1 is 1.35 bits per heavy atom. The highest BCUT2D eigenvalue weighted by molar-refractivity contribution is 5.89. The Bertz CT molecular complexity index is 466. The van der Waals surface area contributed by atoms with Crippen molar-refractivity contribution in [3.8, 4) is 0 Å². The molecule has 0 spiro atoms. The summed E-state index contributed by atoms with van der Waals surface area (Å²) in [4.78, 5) is 32.3. The predicted octanol–water partition coefficient (Wildman–Crippen LogP) is 1.73. The van der Waals surface area contributed by atoms with Crippen LogP contribution in [0.25, 0.3) is 0 Å². The molecule has 7 heteroatoms. The molecule has 0 aromatic carbocycles. The number of carbonyl (C=O) groups is 2. The molecular formula is C13H18N4O3. The van der Waals surface area contributed by atoms with Gasteiger partial charge >= 0.3 is 12.0 Å². The maximum absolute atomic E-state index is 12.2. The molecule has 1 aliphatic heterocycles. The van der Waals surface area contributed by atoms with Crippen LogP contribution in [0.15, 0.2) is 18.7 Å². The lowest BCUT2D eigenvalue weighted by Gasteiger charge is -2.35. The molecule has 1 aliphatic rings. The Morgan fingerprint density at radius 3 is 2.80 bits per heavy atom. The van der Waals surface area contributed by atoms with Crippen LogP contribution < -0.4 is 5.32 Å². The van der Waals surface area contributed by atoms with Crippen molar-refractivity contribution in [1.29, 1.82) is 0 Å². The highest BCUT2D eigenvalue weighted by Crippen LogP contribution is 2.21. The molecule has 1 saturated heterocycles. The molecule has 1 unspecified atom stereocenters. The minimum Gasteiger partial charge on any atom is -0.481 e. The topological polar surface area (TPSA) is 95.4 Å². The van der Waals surface area contributed by atoms with E-state index in [-0.39, 0.29) is 18.5 Å². The van der Waals surface area contributed by atoms with Crippen LogP contribution in [0.5, 0.6) is 0 Å². The Labute approximate surface area is 117 Å². The third-order valence-corrected chi connectivity index (χ3v) is 3.39. The van der Waals surface area contributed by atoms with Gasteiger partial charge in [-0.2, -0.15) is 0 Å². The van der Waals surface area contributed by atoms with Gasteiger partial charge in [-0.05, 0) is 25.7 Å². The van der Waals surface area contributed by atoms with Crippen molar-refractivity contribution in [2.75, 3.05) is 11.9 Å². The zero-order chi connectivity index (χ0) is 14.4. The van der Waals surface area contributed by atoms with Crippen LogP contribution in [0.3, 0.4) is 0 Å². The summed E-state index contributed by atoms with van der Waals surface area (Å²) in [5, 5.41) is 11.5. The molecule has 2 heterocycles. The minimum absolute atomic E-state index is 0.00974. The average molecular weight is 278 g/mol. The molecule has 7 nitrogen and oxygen atoms in total. The molecule has 1 fully saturated rings. The van der Waals surface area contributed by atoms with E-state index in [0.29, 0.717) is 18.7 Å². The zero-order valence-corrected chi connectivity index (χ0v) is 11.2. The Balaban J connectivity index is 1.96. The van der Waals surface area contributed by atoms with E-state index < -0.39 is 5.97 Å². The lowest BCUT2D eigenvalue weighted by Crippen LogP contribution is -2.46. The number of aromatic nitrogens is 2. The molecule has 20 heavy (non-hydrogen) atoms. The first kappa shape index (κ1) is 14.2. The normalized spacial score (nSPS) is 18.6. The molecule has 0 saturated carbocycles. The zero-order valence-electron chi connectivity index (χ0n) is 11.2. The number of aliphatic carboxylic acids is 1. The molecule has 1 aromatic heterocycles. The van der Waals surface area contributed by atoms with Gasteiger partial charge in [0.1, 0.15) is 6.33 Å². The van der Waals surface area contributed by atoms with Crippen molar-refractivity contribution >= 4 is 17.7 Å². The highest BCUT2D eigenvalue weighted by atomic mass is 16.4. The molecule has 2 N–H and O–H groups in total. The lowest BCUT2D eigenvalue weighted by atomic mass is 9.98. The fraction of sp³-hybridized carbons (Fsp3) is 0.538. The molecule has 0 radical (unpaired) electrons. The van der Waals surface area contributed by atoms with Gasteiger partial charge in [0, 0.05) is 19.0 Å². The number of piperidine rings is 1. The van der Waals surface area contributed by atoms with E-state index in [4.69, 9.17) is 5.11 Å². The fourth-order valence-electron chi connectivity index (χ4n) is 2.42. The van der Waals surface area contributed by atoms with E-state index in [1.165, 1.54) is 18.7 Å². The van der Waals surface area contributed by atoms with E-state index in [0.717, 1.165) is 19.3 Å². The highest BCUT2D eigenvalue weighted by Gasteiger charge is 2.27. The molecular weight excluding hydrogens is 260 g/mol.